The number of aryl methyl sites for hydroxylation is 1. The Morgan fingerprint density at radius 2 is 2.00 bits per heavy atom. The SMILES string of the molecule is Nc1nc2c(c(C(=O)NCCN3CCNCC3)n1)CCCC2. The molecule has 0 bridgehead atoms. The number of carbonyl (C=O) groups excluding carboxylic acids is 1. The molecule has 2 heterocycles. The summed E-state index contributed by atoms with van der Waals surface area (Å²) in [6.45, 7) is 5.61. The molecule has 2 aliphatic rings. The van der Waals surface area contributed by atoms with Crippen molar-refractivity contribution in [1.82, 2.24) is 25.5 Å². The van der Waals surface area contributed by atoms with Gasteiger partial charge in [0, 0.05) is 50.5 Å². The van der Waals surface area contributed by atoms with Gasteiger partial charge in [-0.15, -0.1) is 0 Å². The van der Waals surface area contributed by atoms with Crippen molar-refractivity contribution in [3.8, 4) is 0 Å². The standard InChI is InChI=1S/C15H24N6O/c16-15-19-12-4-2-1-3-11(12)13(20-15)14(22)18-7-10-21-8-5-17-6-9-21/h17H,1-10H2,(H,18,22)(H2,16,19,20). The summed E-state index contributed by atoms with van der Waals surface area (Å²) < 4.78 is 0. The summed E-state index contributed by atoms with van der Waals surface area (Å²) >= 11 is 0. The van der Waals surface area contributed by atoms with E-state index in [0.717, 1.165) is 69.7 Å². The number of nitrogen functional groups attached to an aromatic ring is 1. The van der Waals surface area contributed by atoms with Crippen LogP contribution in [-0.2, 0) is 12.8 Å². The van der Waals surface area contributed by atoms with Crippen LogP contribution in [0.4, 0.5) is 5.95 Å². The average molecular weight is 304 g/mol. The Bertz CT molecular complexity index is 541. The lowest BCUT2D eigenvalue weighted by atomic mass is 9.94. The van der Waals surface area contributed by atoms with E-state index in [1.165, 1.54) is 0 Å². The molecule has 22 heavy (non-hydrogen) atoms. The van der Waals surface area contributed by atoms with Gasteiger partial charge >= 0.3 is 0 Å². The molecule has 1 fully saturated rings. The molecule has 0 saturated carbocycles. The summed E-state index contributed by atoms with van der Waals surface area (Å²) in [5, 5.41) is 6.30. The van der Waals surface area contributed by atoms with Crippen LogP contribution >= 0.6 is 0 Å². The molecule has 1 amide bonds. The Morgan fingerprint density at radius 3 is 2.82 bits per heavy atom. The highest BCUT2D eigenvalue weighted by molar-refractivity contribution is 5.94. The molecule has 0 spiro atoms. The zero-order valence-electron chi connectivity index (χ0n) is 12.9. The Morgan fingerprint density at radius 1 is 1.23 bits per heavy atom. The molecule has 0 radical (unpaired) electrons. The minimum absolute atomic E-state index is 0.123. The smallest absolute Gasteiger partial charge is 0.270 e. The molecule has 0 aromatic carbocycles. The normalized spacial score (nSPS) is 18.7. The number of hydrogen-bond acceptors (Lipinski definition) is 6. The molecule has 1 aromatic heterocycles. The van der Waals surface area contributed by atoms with Gasteiger partial charge in [-0.2, -0.15) is 0 Å². The third-order valence-corrected chi connectivity index (χ3v) is 4.34. The molecular weight excluding hydrogens is 280 g/mol. The first kappa shape index (κ1) is 15.2. The number of aromatic nitrogens is 2. The molecule has 4 N–H and O–H groups in total. The van der Waals surface area contributed by atoms with Crippen molar-refractivity contribution in [2.24, 2.45) is 0 Å². The van der Waals surface area contributed by atoms with Gasteiger partial charge in [-0.25, -0.2) is 9.97 Å². The topological polar surface area (TPSA) is 96.2 Å². The number of nitrogens with one attached hydrogen (secondary N) is 2. The van der Waals surface area contributed by atoms with E-state index in [9.17, 15) is 4.79 Å². The van der Waals surface area contributed by atoms with Gasteiger partial charge in [0.1, 0.15) is 5.69 Å². The number of anilines is 1. The first-order chi connectivity index (χ1) is 10.7. The molecule has 0 atom stereocenters. The molecule has 3 rings (SSSR count). The highest BCUT2D eigenvalue weighted by Gasteiger charge is 2.21. The van der Waals surface area contributed by atoms with Gasteiger partial charge in [0.05, 0.1) is 0 Å². The minimum Gasteiger partial charge on any atom is -0.368 e. The molecule has 1 aromatic rings. The summed E-state index contributed by atoms with van der Waals surface area (Å²) in [5.41, 5.74) is 8.16. The van der Waals surface area contributed by atoms with E-state index in [2.05, 4.69) is 25.5 Å². The lowest BCUT2D eigenvalue weighted by molar-refractivity contribution is 0.0940. The van der Waals surface area contributed by atoms with Crippen LogP contribution in [0, 0.1) is 0 Å². The van der Waals surface area contributed by atoms with Crippen LogP contribution in [-0.4, -0.2) is 60.0 Å². The zero-order chi connectivity index (χ0) is 15.4. The third kappa shape index (κ3) is 3.53. The third-order valence-electron chi connectivity index (χ3n) is 4.34. The number of hydrogen-bond donors (Lipinski definition) is 3. The Labute approximate surface area is 130 Å². The van der Waals surface area contributed by atoms with E-state index in [-0.39, 0.29) is 11.9 Å². The predicted octanol–water partition coefficient (Wildman–Crippen LogP) is -0.427. The fraction of sp³-hybridized carbons (Fsp3) is 0.667. The quantitative estimate of drug-likeness (QED) is 0.699. The molecule has 7 nitrogen and oxygen atoms in total. The van der Waals surface area contributed by atoms with Crippen molar-refractivity contribution in [3.05, 3.63) is 17.0 Å². The van der Waals surface area contributed by atoms with Crippen molar-refractivity contribution in [3.63, 3.8) is 0 Å². The van der Waals surface area contributed by atoms with Gasteiger partial charge in [0.25, 0.3) is 5.91 Å². The van der Waals surface area contributed by atoms with E-state index in [4.69, 9.17) is 5.73 Å². The highest BCUT2D eigenvalue weighted by Crippen LogP contribution is 2.22. The van der Waals surface area contributed by atoms with Gasteiger partial charge < -0.3 is 16.4 Å². The summed E-state index contributed by atoms with van der Waals surface area (Å²) in [5.74, 6) is 0.0790. The van der Waals surface area contributed by atoms with Crippen LogP contribution in [0.25, 0.3) is 0 Å². The maximum atomic E-state index is 12.4. The second-order valence-electron chi connectivity index (χ2n) is 5.91. The molecular formula is C15H24N6O. The number of nitrogens with zero attached hydrogens (tertiary/aromatic N) is 3. The van der Waals surface area contributed by atoms with Crippen LogP contribution in [0.2, 0.25) is 0 Å². The van der Waals surface area contributed by atoms with Crippen LogP contribution in [0.3, 0.4) is 0 Å². The monoisotopic (exact) mass is 304 g/mol. The van der Waals surface area contributed by atoms with Crippen molar-refractivity contribution < 1.29 is 4.79 Å². The highest BCUT2D eigenvalue weighted by atomic mass is 16.1. The predicted molar refractivity (Wildman–Crippen MR) is 84.7 cm³/mol. The van der Waals surface area contributed by atoms with E-state index in [1.54, 1.807) is 0 Å². The van der Waals surface area contributed by atoms with E-state index in [0.29, 0.717) is 12.2 Å². The largest absolute Gasteiger partial charge is 0.368 e. The lowest BCUT2D eigenvalue weighted by Gasteiger charge is -2.27. The zero-order valence-corrected chi connectivity index (χ0v) is 12.9. The number of rotatable bonds is 4. The molecule has 1 aliphatic heterocycles. The first-order valence-electron chi connectivity index (χ1n) is 8.10. The Hall–Kier alpha value is -1.73. The van der Waals surface area contributed by atoms with Gasteiger partial charge in [-0.1, -0.05) is 0 Å². The lowest BCUT2D eigenvalue weighted by Crippen LogP contribution is -2.46. The van der Waals surface area contributed by atoms with Crippen LogP contribution < -0.4 is 16.4 Å². The van der Waals surface area contributed by atoms with Crippen molar-refractivity contribution in [1.29, 1.82) is 0 Å². The van der Waals surface area contributed by atoms with Crippen molar-refractivity contribution in [2.75, 3.05) is 45.0 Å². The van der Waals surface area contributed by atoms with Crippen LogP contribution in [0.5, 0.6) is 0 Å². The van der Waals surface area contributed by atoms with Gasteiger partial charge in [0.15, 0.2) is 0 Å². The van der Waals surface area contributed by atoms with Crippen molar-refractivity contribution in [2.45, 2.75) is 25.7 Å². The average Bonchev–Trinajstić information content (AvgIpc) is 2.55. The number of nitrogens with two attached hydrogens (primary N) is 1. The maximum Gasteiger partial charge on any atom is 0.270 e. The number of fused-ring (bicyclic) bond motifs is 1. The molecule has 1 saturated heterocycles. The van der Waals surface area contributed by atoms with Crippen LogP contribution in [0.15, 0.2) is 0 Å². The summed E-state index contributed by atoms with van der Waals surface area (Å²) in [6.07, 6.45) is 3.95. The number of carbonyl (C=O) groups is 1. The first-order valence-corrected chi connectivity index (χ1v) is 8.10. The summed E-state index contributed by atoms with van der Waals surface area (Å²) in [7, 11) is 0. The molecule has 7 heteroatoms. The van der Waals surface area contributed by atoms with E-state index < -0.39 is 0 Å². The Kier molecular flexibility index (Phi) is 4.84. The van der Waals surface area contributed by atoms with E-state index >= 15 is 0 Å². The minimum atomic E-state index is -0.123. The second-order valence-corrected chi connectivity index (χ2v) is 5.91. The van der Waals surface area contributed by atoms with Gasteiger partial charge in [0.2, 0.25) is 5.95 Å². The fourth-order valence-corrected chi connectivity index (χ4v) is 3.15. The molecule has 120 valence electrons. The Balaban J connectivity index is 1.61. The van der Waals surface area contributed by atoms with Crippen LogP contribution in [0.1, 0.15) is 34.6 Å². The maximum absolute atomic E-state index is 12.4. The number of amides is 1. The summed E-state index contributed by atoms with van der Waals surface area (Å²) in [6, 6.07) is 0. The fourth-order valence-electron chi connectivity index (χ4n) is 3.15. The number of piperazine rings is 1. The summed E-state index contributed by atoms with van der Waals surface area (Å²) in [4.78, 5) is 23.2. The van der Waals surface area contributed by atoms with E-state index in [1.807, 2.05) is 0 Å². The molecule has 1 aliphatic carbocycles. The van der Waals surface area contributed by atoms with Crippen molar-refractivity contribution >= 4 is 11.9 Å². The van der Waals surface area contributed by atoms with Gasteiger partial charge in [-0.05, 0) is 25.7 Å². The second kappa shape index (κ2) is 7.02. The van der Waals surface area contributed by atoms with Gasteiger partial charge in [-0.3, -0.25) is 9.69 Å². The molecule has 0 unspecified atom stereocenters.